The summed E-state index contributed by atoms with van der Waals surface area (Å²) in [4.78, 5) is 57.1. The molecule has 4 aliphatic rings. The van der Waals surface area contributed by atoms with E-state index in [2.05, 4.69) is 0 Å². The van der Waals surface area contributed by atoms with Gasteiger partial charge in [0, 0.05) is 30.6 Å². The maximum Gasteiger partial charge on any atom is 0.313 e. The number of aliphatic hydroxyl groups excluding tert-OH is 2. The van der Waals surface area contributed by atoms with Gasteiger partial charge in [0.25, 0.3) is 0 Å². The Labute approximate surface area is 298 Å². The van der Waals surface area contributed by atoms with Crippen molar-refractivity contribution in [2.45, 2.75) is 149 Å². The highest BCUT2D eigenvalue weighted by atomic mass is 16.5. The van der Waals surface area contributed by atoms with Crippen molar-refractivity contribution in [1.29, 1.82) is 0 Å². The van der Waals surface area contributed by atoms with Crippen LogP contribution in [0.1, 0.15) is 120 Å². The van der Waals surface area contributed by atoms with Crippen molar-refractivity contribution in [2.75, 3.05) is 7.11 Å². The molecule has 3 N–H and O–H groups in total. The summed E-state index contributed by atoms with van der Waals surface area (Å²) in [7, 11) is 1.26. The van der Waals surface area contributed by atoms with Crippen LogP contribution in [0.4, 0.5) is 0 Å². The minimum Gasteiger partial charge on any atom is -0.469 e. The maximum atomic E-state index is 14.6. The van der Waals surface area contributed by atoms with Crippen LogP contribution in [0.2, 0.25) is 0 Å². The third-order valence-corrected chi connectivity index (χ3v) is 12.4. The molecule has 9 nitrogen and oxygen atoms in total. The van der Waals surface area contributed by atoms with Gasteiger partial charge in [0.05, 0.1) is 36.4 Å². The highest BCUT2D eigenvalue weighted by Crippen LogP contribution is 2.55. The van der Waals surface area contributed by atoms with Gasteiger partial charge in [0.1, 0.15) is 11.4 Å². The second-order valence-electron chi connectivity index (χ2n) is 16.5. The first-order chi connectivity index (χ1) is 23.3. The van der Waals surface area contributed by atoms with Crippen LogP contribution in [-0.4, -0.2) is 75.3 Å². The van der Waals surface area contributed by atoms with Crippen molar-refractivity contribution >= 4 is 23.3 Å². The molecule has 2 heterocycles. The first kappa shape index (κ1) is 40.1. The zero-order chi connectivity index (χ0) is 37.3. The van der Waals surface area contributed by atoms with E-state index in [-0.39, 0.29) is 49.0 Å². The van der Waals surface area contributed by atoms with Crippen LogP contribution in [0, 0.1) is 29.1 Å². The van der Waals surface area contributed by atoms with E-state index in [1.54, 1.807) is 13.0 Å². The molecule has 0 radical (unpaired) electrons. The summed E-state index contributed by atoms with van der Waals surface area (Å²) in [5, 5.41) is 35.0. The van der Waals surface area contributed by atoms with Gasteiger partial charge in [-0.05, 0) is 110 Å². The molecule has 0 unspecified atom stereocenters. The Morgan fingerprint density at radius 3 is 2.28 bits per heavy atom. The third-order valence-electron chi connectivity index (χ3n) is 12.4. The lowest BCUT2D eigenvalue weighted by Gasteiger charge is -2.48. The number of esters is 1. The lowest BCUT2D eigenvalue weighted by molar-refractivity contribution is -0.188. The monoisotopic (exact) mass is 696 g/mol. The van der Waals surface area contributed by atoms with Gasteiger partial charge in [0.2, 0.25) is 0 Å². The molecule has 9 atom stereocenters. The van der Waals surface area contributed by atoms with Gasteiger partial charge < -0.3 is 24.8 Å². The number of methoxy groups -OCH3 is 1. The molecule has 278 valence electrons. The average Bonchev–Trinajstić information content (AvgIpc) is 3.47. The molecule has 9 heteroatoms. The number of fused-ring (bicyclic) bond motifs is 5. The van der Waals surface area contributed by atoms with E-state index in [0.29, 0.717) is 49.7 Å². The first-order valence-electron chi connectivity index (χ1n) is 18.4. The summed E-state index contributed by atoms with van der Waals surface area (Å²) in [5.41, 5.74) is -0.648. The number of hydrogen-bond acceptors (Lipinski definition) is 9. The van der Waals surface area contributed by atoms with Crippen LogP contribution >= 0.6 is 0 Å². The molecule has 4 rings (SSSR count). The molecule has 0 spiro atoms. The van der Waals surface area contributed by atoms with Crippen LogP contribution in [0.15, 0.2) is 46.1 Å². The Kier molecular flexibility index (Phi) is 12.4. The zero-order valence-electron chi connectivity index (χ0n) is 31.6. The molecule has 2 bridgehead atoms. The van der Waals surface area contributed by atoms with Gasteiger partial charge in [-0.2, -0.15) is 0 Å². The smallest absolute Gasteiger partial charge is 0.313 e. The number of carbonyl (C=O) groups is 4. The number of carbonyl (C=O) groups excluding carboxylic acids is 4. The molecule has 1 saturated heterocycles. The summed E-state index contributed by atoms with van der Waals surface area (Å²) in [6, 6.07) is 0. The summed E-state index contributed by atoms with van der Waals surface area (Å²) < 4.78 is 11.9. The fourth-order valence-electron chi connectivity index (χ4n) is 8.81. The Morgan fingerprint density at radius 2 is 1.64 bits per heavy atom. The molecule has 0 aromatic heterocycles. The molecular weight excluding hydrogens is 636 g/mol. The molecule has 0 aromatic rings. The molecule has 50 heavy (non-hydrogen) atoms. The number of ether oxygens (including phenoxy) is 2. The number of hydrogen-bond donors (Lipinski definition) is 3. The summed E-state index contributed by atoms with van der Waals surface area (Å²) in [6.45, 7) is 14.5. The normalized spacial score (nSPS) is 40.5. The summed E-state index contributed by atoms with van der Waals surface area (Å²) in [6.07, 6.45) is 5.05. The lowest BCUT2D eigenvalue weighted by atomic mass is 9.53. The van der Waals surface area contributed by atoms with Crippen molar-refractivity contribution in [1.82, 2.24) is 0 Å². The van der Waals surface area contributed by atoms with Gasteiger partial charge in [-0.1, -0.05) is 48.3 Å². The van der Waals surface area contributed by atoms with Gasteiger partial charge in [0.15, 0.2) is 11.6 Å². The Bertz CT molecular complexity index is 1480. The minimum atomic E-state index is -1.71. The second-order valence-corrected chi connectivity index (χ2v) is 16.5. The Hall–Kier alpha value is -2.72. The fraction of sp³-hybridized carbons (Fsp3) is 0.707. The van der Waals surface area contributed by atoms with Gasteiger partial charge in [-0.25, -0.2) is 0 Å². The molecule has 2 aliphatic heterocycles. The average molecular weight is 697 g/mol. The van der Waals surface area contributed by atoms with Gasteiger partial charge in [-0.15, -0.1) is 0 Å². The van der Waals surface area contributed by atoms with E-state index in [9.17, 15) is 34.5 Å². The van der Waals surface area contributed by atoms with E-state index >= 15 is 0 Å². The number of Topliss-reactive ketones (excluding diaryl/α,β-unsaturated/α-hetero) is 2. The Morgan fingerprint density at radius 1 is 0.960 bits per heavy atom. The van der Waals surface area contributed by atoms with Crippen LogP contribution < -0.4 is 0 Å². The molecule has 0 aromatic carbocycles. The van der Waals surface area contributed by atoms with E-state index in [0.717, 1.165) is 16.7 Å². The number of aliphatic hydroxyl groups is 3. The second kappa shape index (κ2) is 15.5. The highest BCUT2D eigenvalue weighted by molar-refractivity contribution is 6.02. The predicted octanol–water partition coefficient (Wildman–Crippen LogP) is 6.09. The van der Waals surface area contributed by atoms with Gasteiger partial charge in [-0.3, -0.25) is 19.2 Å². The lowest BCUT2D eigenvalue weighted by Crippen LogP contribution is -2.55. The first-order valence-corrected chi connectivity index (χ1v) is 18.4. The van der Waals surface area contributed by atoms with E-state index in [1.807, 2.05) is 53.7 Å². The van der Waals surface area contributed by atoms with Crippen LogP contribution in [0.3, 0.4) is 0 Å². The highest BCUT2D eigenvalue weighted by Gasteiger charge is 2.60. The van der Waals surface area contributed by atoms with Gasteiger partial charge >= 0.3 is 5.97 Å². The minimum absolute atomic E-state index is 0.00952. The fourth-order valence-corrected chi connectivity index (χ4v) is 8.81. The van der Waals surface area contributed by atoms with E-state index in [1.165, 1.54) is 14.0 Å². The molecule has 0 amide bonds. The third kappa shape index (κ3) is 7.86. The van der Waals surface area contributed by atoms with Crippen LogP contribution in [0.5, 0.6) is 0 Å². The molecule has 2 aliphatic carbocycles. The van der Waals surface area contributed by atoms with Crippen LogP contribution in [-0.2, 0) is 28.7 Å². The predicted molar refractivity (Wildman–Crippen MR) is 191 cm³/mol. The molecule has 0 saturated carbocycles. The van der Waals surface area contributed by atoms with Crippen molar-refractivity contribution in [2.24, 2.45) is 29.1 Å². The topological polar surface area (TPSA) is 147 Å². The van der Waals surface area contributed by atoms with E-state index in [4.69, 9.17) is 9.47 Å². The van der Waals surface area contributed by atoms with E-state index < -0.39 is 58.7 Å². The Balaban J connectivity index is 2.00. The molecular formula is C41H60O9. The maximum absolute atomic E-state index is 14.6. The SMILES string of the molecule is COC(=O)[C@]12CC(=O)[C@H](C(C)C)CC(=O)/C(C)=C/CCC(C)=CC(=O)[C@H]1CC(C)=C1C[C@H](O)[C@](C)(O)[C@H]3CC[C@@](C)(O3)[C@@H](O)CC/C(C)=C/[C@@H]12. The number of ketones is 3. The van der Waals surface area contributed by atoms with Crippen molar-refractivity contribution in [3.63, 3.8) is 0 Å². The zero-order valence-corrected chi connectivity index (χ0v) is 31.6. The largest absolute Gasteiger partial charge is 0.469 e. The summed E-state index contributed by atoms with van der Waals surface area (Å²) >= 11 is 0. The quantitative estimate of drug-likeness (QED) is 0.231. The van der Waals surface area contributed by atoms with Crippen LogP contribution in [0.25, 0.3) is 0 Å². The van der Waals surface area contributed by atoms with Crippen molar-refractivity contribution < 1.29 is 44.0 Å². The molecule has 1 fully saturated rings. The standard InChI is InChI=1S/C41H60O9/c1-23(2)28-20-32(42)26(5)12-10-11-24(3)18-33(43)31-19-27(6)29-21-36(46)40(8,48)37-15-16-39(7,50-37)35(45)14-13-25(4)17-30(29)41(31,22-34(28)44)38(47)49-9/h12,17-18,23,28,30-31,35-37,45-46,48H,10-11,13-16,19-22H2,1-9H3/b24-18?,25-17+,26-12+/t28-,30-,31+,35-,36-,37+,39+,40-,41-/m0/s1. The number of rotatable bonds is 2. The van der Waals surface area contributed by atoms with Crippen molar-refractivity contribution in [3.05, 3.63) is 46.1 Å². The summed E-state index contributed by atoms with van der Waals surface area (Å²) in [5.74, 6) is -4.13. The van der Waals surface area contributed by atoms with Crippen molar-refractivity contribution in [3.8, 4) is 0 Å². The number of allylic oxidation sites excluding steroid dienone is 7.